The number of esters is 1. The molecule has 2 unspecified atom stereocenters. The Labute approximate surface area is 217 Å². The van der Waals surface area contributed by atoms with Crippen molar-refractivity contribution in [1.29, 1.82) is 5.26 Å². The summed E-state index contributed by atoms with van der Waals surface area (Å²) in [6.45, 7) is 6.00. The molecule has 9 heteroatoms. The number of imidazole rings is 1. The van der Waals surface area contributed by atoms with Gasteiger partial charge in [-0.15, -0.1) is 0 Å². The normalized spacial score (nSPS) is 12.9. The molecule has 5 aromatic rings. The molecule has 3 heterocycles. The van der Waals surface area contributed by atoms with Gasteiger partial charge in [0.25, 0.3) is 0 Å². The highest BCUT2D eigenvalue weighted by molar-refractivity contribution is 5.88. The first-order valence-electron chi connectivity index (χ1n) is 12.2. The first-order chi connectivity index (χ1) is 18.2. The summed E-state index contributed by atoms with van der Waals surface area (Å²) in [6.07, 6.45) is 1.72. The number of aromatic amines is 1. The topological polar surface area (TPSA) is 106 Å². The van der Waals surface area contributed by atoms with Gasteiger partial charge in [-0.2, -0.15) is 5.26 Å². The number of ether oxygens (including phenoxy) is 1. The van der Waals surface area contributed by atoms with Crippen LogP contribution in [-0.2, 0) is 9.53 Å². The number of aryl methyl sites for hydroxylation is 2. The van der Waals surface area contributed by atoms with E-state index in [4.69, 9.17) is 4.74 Å². The van der Waals surface area contributed by atoms with E-state index >= 15 is 0 Å². The van der Waals surface area contributed by atoms with Gasteiger partial charge >= 0.3 is 11.7 Å². The van der Waals surface area contributed by atoms with Gasteiger partial charge in [0.1, 0.15) is 17.6 Å². The number of hydrogen-bond acceptors (Lipinski definition) is 5. The second-order valence-electron chi connectivity index (χ2n) is 9.45. The van der Waals surface area contributed by atoms with Crippen molar-refractivity contribution in [3.05, 3.63) is 99.0 Å². The standard InChI is InChI=1S/C29H26FN5O3/c1-16-11-17(2)27-22(15-32-23(27)12-16)18(3)34-24-10-9-21(14-31)33-28(24)35(29(34)37)25(13-26(36)38-4)19-5-7-20(30)8-6-19/h5-12,15,18,25,32H,13H2,1-4H3. The number of nitriles is 1. The van der Waals surface area contributed by atoms with Crippen LogP contribution in [0.5, 0.6) is 0 Å². The highest BCUT2D eigenvalue weighted by Gasteiger charge is 2.29. The van der Waals surface area contributed by atoms with E-state index in [1.54, 1.807) is 16.7 Å². The molecule has 0 aliphatic carbocycles. The maximum Gasteiger partial charge on any atom is 0.331 e. The summed E-state index contributed by atoms with van der Waals surface area (Å²) in [5.74, 6) is -0.983. The van der Waals surface area contributed by atoms with Crippen LogP contribution in [0, 0.1) is 31.0 Å². The highest BCUT2D eigenvalue weighted by atomic mass is 19.1. The molecular formula is C29H26FN5O3. The summed E-state index contributed by atoms with van der Waals surface area (Å²) >= 11 is 0. The molecule has 0 bridgehead atoms. The quantitative estimate of drug-likeness (QED) is 0.321. The van der Waals surface area contributed by atoms with Crippen molar-refractivity contribution in [2.24, 2.45) is 0 Å². The predicted molar refractivity (Wildman–Crippen MR) is 141 cm³/mol. The fraction of sp³-hybridized carbons (Fsp3) is 0.241. The second kappa shape index (κ2) is 9.63. The molecule has 0 radical (unpaired) electrons. The minimum Gasteiger partial charge on any atom is -0.469 e. The monoisotopic (exact) mass is 511 g/mol. The molecule has 0 spiro atoms. The van der Waals surface area contributed by atoms with E-state index in [1.165, 1.54) is 35.9 Å². The van der Waals surface area contributed by atoms with Crippen molar-refractivity contribution in [2.75, 3.05) is 7.11 Å². The van der Waals surface area contributed by atoms with E-state index < -0.39 is 29.6 Å². The Kier molecular flexibility index (Phi) is 6.33. The summed E-state index contributed by atoms with van der Waals surface area (Å²) < 4.78 is 21.7. The van der Waals surface area contributed by atoms with Crippen molar-refractivity contribution in [3.63, 3.8) is 0 Å². The molecule has 0 saturated heterocycles. The molecule has 38 heavy (non-hydrogen) atoms. The predicted octanol–water partition coefficient (Wildman–Crippen LogP) is 5.07. The van der Waals surface area contributed by atoms with Gasteiger partial charge in [-0.3, -0.25) is 13.9 Å². The number of benzene rings is 2. The molecule has 192 valence electrons. The molecule has 0 aliphatic rings. The molecule has 0 fully saturated rings. The van der Waals surface area contributed by atoms with E-state index in [0.29, 0.717) is 11.1 Å². The summed E-state index contributed by atoms with van der Waals surface area (Å²) in [5, 5.41) is 10.6. The number of H-pyrrole nitrogens is 1. The molecule has 1 N–H and O–H groups in total. The third-order valence-electron chi connectivity index (χ3n) is 7.01. The van der Waals surface area contributed by atoms with Crippen LogP contribution in [-0.4, -0.2) is 32.2 Å². The average Bonchev–Trinajstić information content (AvgIpc) is 3.45. The number of pyridine rings is 1. The average molecular weight is 512 g/mol. The summed E-state index contributed by atoms with van der Waals surface area (Å²) in [6, 6.07) is 13.8. The fourth-order valence-corrected chi connectivity index (χ4v) is 5.28. The van der Waals surface area contributed by atoms with E-state index in [0.717, 1.165) is 27.6 Å². The molecule has 5 rings (SSSR count). The zero-order chi connectivity index (χ0) is 27.1. The lowest BCUT2D eigenvalue weighted by atomic mass is 10.0. The SMILES string of the molecule is COC(=O)CC(c1ccc(F)cc1)n1c(=O)n(C(C)c2c[nH]c3cc(C)cc(C)c23)c2ccc(C#N)nc21. The summed E-state index contributed by atoms with van der Waals surface area (Å²) in [5.41, 5.74) is 5.13. The smallest absolute Gasteiger partial charge is 0.331 e. The number of rotatable bonds is 6. The molecule has 2 aromatic carbocycles. The third kappa shape index (κ3) is 4.14. The number of fused-ring (bicyclic) bond motifs is 2. The van der Waals surface area contributed by atoms with Crippen molar-refractivity contribution < 1.29 is 13.9 Å². The number of hydrogen-bond donors (Lipinski definition) is 1. The maximum absolute atomic E-state index is 14.2. The largest absolute Gasteiger partial charge is 0.469 e. The van der Waals surface area contributed by atoms with E-state index in [9.17, 15) is 19.2 Å². The maximum atomic E-state index is 14.2. The van der Waals surface area contributed by atoms with E-state index in [1.807, 2.05) is 33.0 Å². The first-order valence-corrected chi connectivity index (χ1v) is 12.2. The van der Waals surface area contributed by atoms with Crippen LogP contribution >= 0.6 is 0 Å². The zero-order valence-corrected chi connectivity index (χ0v) is 21.4. The Morgan fingerprint density at radius 2 is 1.89 bits per heavy atom. The lowest BCUT2D eigenvalue weighted by Gasteiger charge is -2.18. The number of nitrogens with one attached hydrogen (secondary N) is 1. The van der Waals surface area contributed by atoms with Gasteiger partial charge in [0, 0.05) is 22.7 Å². The summed E-state index contributed by atoms with van der Waals surface area (Å²) in [4.78, 5) is 34.5. The molecule has 0 aliphatic heterocycles. The third-order valence-corrected chi connectivity index (χ3v) is 7.01. The zero-order valence-electron chi connectivity index (χ0n) is 21.4. The van der Waals surface area contributed by atoms with Crippen molar-refractivity contribution in [2.45, 2.75) is 39.3 Å². The van der Waals surface area contributed by atoms with Crippen LogP contribution in [0.3, 0.4) is 0 Å². The molecule has 8 nitrogen and oxygen atoms in total. The fourth-order valence-electron chi connectivity index (χ4n) is 5.28. The second-order valence-corrected chi connectivity index (χ2v) is 9.45. The van der Waals surface area contributed by atoms with Crippen LogP contribution in [0.1, 0.15) is 53.4 Å². The van der Waals surface area contributed by atoms with Crippen LogP contribution < -0.4 is 5.69 Å². The minimum absolute atomic E-state index is 0.130. The number of carbonyl (C=O) groups is 1. The van der Waals surface area contributed by atoms with Gasteiger partial charge in [0.15, 0.2) is 5.65 Å². The number of aromatic nitrogens is 4. The Balaban J connectivity index is 1.79. The van der Waals surface area contributed by atoms with Gasteiger partial charge in [-0.05, 0) is 67.8 Å². The Morgan fingerprint density at radius 1 is 1.16 bits per heavy atom. The van der Waals surface area contributed by atoms with Gasteiger partial charge in [-0.25, -0.2) is 14.2 Å². The Hall–Kier alpha value is -4.71. The number of nitrogens with zero attached hydrogens (tertiary/aromatic N) is 4. The lowest BCUT2D eigenvalue weighted by Crippen LogP contribution is -2.31. The van der Waals surface area contributed by atoms with Crippen LogP contribution in [0.25, 0.3) is 22.1 Å². The van der Waals surface area contributed by atoms with Gasteiger partial charge in [0.2, 0.25) is 0 Å². The molecule has 3 aromatic heterocycles. The molecular weight excluding hydrogens is 485 g/mol. The first kappa shape index (κ1) is 25.0. The van der Waals surface area contributed by atoms with Gasteiger partial charge in [-0.1, -0.05) is 18.2 Å². The Morgan fingerprint density at radius 3 is 2.58 bits per heavy atom. The summed E-state index contributed by atoms with van der Waals surface area (Å²) in [7, 11) is 1.27. The number of halogens is 1. The van der Waals surface area contributed by atoms with Crippen LogP contribution in [0.4, 0.5) is 4.39 Å². The molecule has 0 amide bonds. The number of carbonyl (C=O) groups excluding carboxylic acids is 1. The number of methoxy groups -OCH3 is 1. The van der Waals surface area contributed by atoms with Gasteiger partial charge in [0.05, 0.1) is 31.1 Å². The van der Waals surface area contributed by atoms with Crippen molar-refractivity contribution >= 4 is 28.0 Å². The van der Waals surface area contributed by atoms with Crippen molar-refractivity contribution in [3.8, 4) is 6.07 Å². The lowest BCUT2D eigenvalue weighted by molar-refractivity contribution is -0.141. The van der Waals surface area contributed by atoms with Gasteiger partial charge < -0.3 is 9.72 Å². The van der Waals surface area contributed by atoms with E-state index in [-0.39, 0.29) is 17.8 Å². The van der Waals surface area contributed by atoms with Crippen molar-refractivity contribution in [1.82, 2.24) is 19.1 Å². The molecule has 2 atom stereocenters. The van der Waals surface area contributed by atoms with Crippen LogP contribution in [0.15, 0.2) is 59.5 Å². The highest BCUT2D eigenvalue weighted by Crippen LogP contribution is 2.33. The van der Waals surface area contributed by atoms with E-state index in [2.05, 4.69) is 22.1 Å². The molecule has 0 saturated carbocycles. The minimum atomic E-state index is -0.833. The van der Waals surface area contributed by atoms with Crippen LogP contribution in [0.2, 0.25) is 0 Å². The Bertz CT molecular complexity index is 1790.